The third-order valence-corrected chi connectivity index (χ3v) is 3.17. The van der Waals surface area contributed by atoms with E-state index in [0.717, 1.165) is 13.1 Å². The second-order valence-corrected chi connectivity index (χ2v) is 4.10. The second kappa shape index (κ2) is 3.97. The SMILES string of the molecule is N#CN1CCCC1CN1CCCC1. The third-order valence-electron chi connectivity index (χ3n) is 3.17. The minimum absolute atomic E-state index is 0.517. The Morgan fingerprint density at radius 3 is 2.62 bits per heavy atom. The molecule has 0 aromatic rings. The summed E-state index contributed by atoms with van der Waals surface area (Å²) in [5.41, 5.74) is 0. The Morgan fingerprint density at radius 1 is 1.15 bits per heavy atom. The van der Waals surface area contributed by atoms with E-state index in [9.17, 15) is 0 Å². The summed E-state index contributed by atoms with van der Waals surface area (Å²) in [6, 6.07) is 0.517. The Bertz CT molecular complexity index is 203. The van der Waals surface area contributed by atoms with Crippen LogP contribution >= 0.6 is 0 Å². The van der Waals surface area contributed by atoms with E-state index in [2.05, 4.69) is 11.1 Å². The van der Waals surface area contributed by atoms with Gasteiger partial charge in [-0.15, -0.1) is 0 Å². The van der Waals surface area contributed by atoms with E-state index in [0.29, 0.717) is 6.04 Å². The molecule has 0 saturated carbocycles. The Balaban J connectivity index is 1.83. The third kappa shape index (κ3) is 1.94. The minimum Gasteiger partial charge on any atom is -0.306 e. The van der Waals surface area contributed by atoms with Crippen LogP contribution in [0.2, 0.25) is 0 Å². The van der Waals surface area contributed by atoms with Gasteiger partial charge in [0.1, 0.15) is 0 Å². The van der Waals surface area contributed by atoms with Crippen LogP contribution in [0.25, 0.3) is 0 Å². The average Bonchev–Trinajstić information content (AvgIpc) is 2.76. The molecule has 0 radical (unpaired) electrons. The highest BCUT2D eigenvalue weighted by atomic mass is 15.2. The fourth-order valence-corrected chi connectivity index (χ4v) is 2.42. The first kappa shape index (κ1) is 8.83. The molecule has 2 aliphatic heterocycles. The summed E-state index contributed by atoms with van der Waals surface area (Å²) >= 11 is 0. The maximum Gasteiger partial charge on any atom is 0.179 e. The molecule has 2 heterocycles. The zero-order valence-corrected chi connectivity index (χ0v) is 8.08. The van der Waals surface area contributed by atoms with Crippen LogP contribution in [0.15, 0.2) is 0 Å². The lowest BCUT2D eigenvalue weighted by Crippen LogP contribution is -2.36. The van der Waals surface area contributed by atoms with Gasteiger partial charge in [0, 0.05) is 13.1 Å². The summed E-state index contributed by atoms with van der Waals surface area (Å²) in [6.07, 6.45) is 7.40. The average molecular weight is 179 g/mol. The molecule has 0 N–H and O–H groups in total. The summed E-state index contributed by atoms with van der Waals surface area (Å²) < 4.78 is 0. The molecule has 3 nitrogen and oxygen atoms in total. The minimum atomic E-state index is 0.517. The Hall–Kier alpha value is -0.750. The lowest BCUT2D eigenvalue weighted by Gasteiger charge is -2.24. The predicted molar refractivity (Wildman–Crippen MR) is 51.0 cm³/mol. The highest BCUT2D eigenvalue weighted by Crippen LogP contribution is 2.18. The van der Waals surface area contributed by atoms with Crippen molar-refractivity contribution in [3.8, 4) is 6.19 Å². The standard InChI is InChI=1S/C10H17N3/c11-9-13-7-3-4-10(13)8-12-5-1-2-6-12/h10H,1-8H2. The molecule has 0 aliphatic carbocycles. The molecule has 0 aromatic carbocycles. The van der Waals surface area contributed by atoms with Crippen molar-refractivity contribution in [2.45, 2.75) is 31.7 Å². The normalized spacial score (nSPS) is 29.5. The van der Waals surface area contributed by atoms with E-state index < -0.39 is 0 Å². The summed E-state index contributed by atoms with van der Waals surface area (Å²) in [4.78, 5) is 4.46. The molecule has 3 heteroatoms. The number of hydrogen-bond acceptors (Lipinski definition) is 3. The summed E-state index contributed by atoms with van der Waals surface area (Å²) in [5.74, 6) is 0. The zero-order chi connectivity index (χ0) is 9.10. The van der Waals surface area contributed by atoms with Crippen molar-refractivity contribution < 1.29 is 0 Å². The van der Waals surface area contributed by atoms with E-state index >= 15 is 0 Å². The van der Waals surface area contributed by atoms with Gasteiger partial charge in [-0.1, -0.05) is 0 Å². The van der Waals surface area contributed by atoms with E-state index in [1.54, 1.807) is 0 Å². The Morgan fingerprint density at radius 2 is 1.92 bits per heavy atom. The van der Waals surface area contributed by atoms with Crippen molar-refractivity contribution >= 4 is 0 Å². The van der Waals surface area contributed by atoms with E-state index in [1.165, 1.54) is 38.8 Å². The molecule has 72 valence electrons. The van der Waals surface area contributed by atoms with Gasteiger partial charge >= 0.3 is 0 Å². The van der Waals surface area contributed by atoms with Gasteiger partial charge in [-0.3, -0.25) is 0 Å². The van der Waals surface area contributed by atoms with Gasteiger partial charge in [-0.05, 0) is 38.8 Å². The van der Waals surface area contributed by atoms with E-state index in [1.807, 2.05) is 4.90 Å². The molecule has 0 aromatic heterocycles. The van der Waals surface area contributed by atoms with Crippen LogP contribution in [0.1, 0.15) is 25.7 Å². The van der Waals surface area contributed by atoms with Crippen LogP contribution < -0.4 is 0 Å². The van der Waals surface area contributed by atoms with Crippen molar-refractivity contribution in [3.63, 3.8) is 0 Å². The molecule has 1 atom stereocenters. The molecule has 0 amide bonds. The van der Waals surface area contributed by atoms with Crippen molar-refractivity contribution in [2.75, 3.05) is 26.2 Å². The monoisotopic (exact) mass is 179 g/mol. The van der Waals surface area contributed by atoms with Gasteiger partial charge in [0.2, 0.25) is 0 Å². The maximum atomic E-state index is 8.87. The lowest BCUT2D eigenvalue weighted by atomic mass is 10.2. The van der Waals surface area contributed by atoms with Gasteiger partial charge in [-0.2, -0.15) is 5.26 Å². The molecule has 13 heavy (non-hydrogen) atoms. The van der Waals surface area contributed by atoms with Crippen LogP contribution in [0.4, 0.5) is 0 Å². The van der Waals surface area contributed by atoms with Crippen LogP contribution in [0.3, 0.4) is 0 Å². The molecule has 0 bridgehead atoms. The number of hydrogen-bond donors (Lipinski definition) is 0. The molecule has 1 unspecified atom stereocenters. The number of rotatable bonds is 2. The van der Waals surface area contributed by atoms with Gasteiger partial charge in [-0.25, -0.2) is 0 Å². The van der Waals surface area contributed by atoms with Crippen LogP contribution in [-0.2, 0) is 0 Å². The van der Waals surface area contributed by atoms with Crippen LogP contribution in [0.5, 0.6) is 0 Å². The maximum absolute atomic E-state index is 8.87. The van der Waals surface area contributed by atoms with Gasteiger partial charge in [0.25, 0.3) is 0 Å². The van der Waals surface area contributed by atoms with Gasteiger partial charge in [0.05, 0.1) is 6.04 Å². The molecule has 2 fully saturated rings. The summed E-state index contributed by atoms with van der Waals surface area (Å²) in [7, 11) is 0. The molecule has 2 saturated heterocycles. The molecule has 2 rings (SSSR count). The van der Waals surface area contributed by atoms with Crippen molar-refractivity contribution in [3.05, 3.63) is 0 Å². The first-order chi connectivity index (χ1) is 6.40. The quantitative estimate of drug-likeness (QED) is 0.593. The second-order valence-electron chi connectivity index (χ2n) is 4.10. The topological polar surface area (TPSA) is 30.3 Å². The van der Waals surface area contributed by atoms with Crippen molar-refractivity contribution in [2.24, 2.45) is 0 Å². The van der Waals surface area contributed by atoms with Crippen LogP contribution in [0, 0.1) is 11.5 Å². The molecular weight excluding hydrogens is 162 g/mol. The smallest absolute Gasteiger partial charge is 0.179 e. The molecule has 0 spiro atoms. The largest absolute Gasteiger partial charge is 0.306 e. The van der Waals surface area contributed by atoms with Gasteiger partial charge < -0.3 is 9.80 Å². The van der Waals surface area contributed by atoms with Crippen molar-refractivity contribution in [1.82, 2.24) is 9.80 Å². The highest BCUT2D eigenvalue weighted by molar-refractivity contribution is 4.90. The Kier molecular flexibility index (Phi) is 2.70. The van der Waals surface area contributed by atoms with E-state index in [-0.39, 0.29) is 0 Å². The number of nitrogens with zero attached hydrogens (tertiary/aromatic N) is 3. The predicted octanol–water partition coefficient (Wildman–Crippen LogP) is 1.03. The Labute approximate surface area is 79.9 Å². The fraction of sp³-hybridized carbons (Fsp3) is 0.900. The first-order valence-electron chi connectivity index (χ1n) is 5.29. The van der Waals surface area contributed by atoms with Crippen molar-refractivity contribution in [1.29, 1.82) is 5.26 Å². The lowest BCUT2D eigenvalue weighted by molar-refractivity contribution is 0.243. The summed E-state index contributed by atoms with van der Waals surface area (Å²) in [6.45, 7) is 4.59. The van der Waals surface area contributed by atoms with E-state index in [4.69, 9.17) is 5.26 Å². The first-order valence-corrected chi connectivity index (χ1v) is 5.29. The zero-order valence-electron chi connectivity index (χ0n) is 8.08. The fourth-order valence-electron chi connectivity index (χ4n) is 2.42. The number of likely N-dealkylation sites (tertiary alicyclic amines) is 2. The highest BCUT2D eigenvalue weighted by Gasteiger charge is 2.26. The van der Waals surface area contributed by atoms with Gasteiger partial charge in [0.15, 0.2) is 6.19 Å². The molecule has 2 aliphatic rings. The van der Waals surface area contributed by atoms with Crippen LogP contribution in [-0.4, -0.2) is 42.0 Å². The number of nitriles is 1. The summed E-state index contributed by atoms with van der Waals surface area (Å²) in [5, 5.41) is 8.87. The molecular formula is C10H17N3.